The summed E-state index contributed by atoms with van der Waals surface area (Å²) in [6, 6.07) is 7.77. The summed E-state index contributed by atoms with van der Waals surface area (Å²) in [5.74, 6) is 1.26. The number of nitrogens with zero attached hydrogens (tertiary/aromatic N) is 2. The fourth-order valence-corrected chi connectivity index (χ4v) is 1.33. The van der Waals surface area contributed by atoms with Gasteiger partial charge in [-0.1, -0.05) is 18.2 Å². The summed E-state index contributed by atoms with van der Waals surface area (Å²) >= 11 is 0. The molecule has 0 saturated heterocycles. The van der Waals surface area contributed by atoms with E-state index in [2.05, 4.69) is 9.97 Å². The normalized spacial score (nSPS) is 10.6. The Hall–Kier alpha value is -2.36. The van der Waals surface area contributed by atoms with E-state index in [0.717, 1.165) is 17.0 Å². The molecule has 0 aliphatic carbocycles. The molecule has 0 bridgehead atoms. The van der Waals surface area contributed by atoms with Gasteiger partial charge >= 0.3 is 0 Å². The van der Waals surface area contributed by atoms with Crippen LogP contribution < -0.4 is 10.5 Å². The first-order valence-corrected chi connectivity index (χ1v) is 5.17. The quantitative estimate of drug-likeness (QED) is 0.873. The topological polar surface area (TPSA) is 61.0 Å². The Kier molecular flexibility index (Phi) is 3.35. The lowest BCUT2D eigenvalue weighted by molar-refractivity contribution is 0.415. The first-order chi connectivity index (χ1) is 8.28. The van der Waals surface area contributed by atoms with E-state index in [0.29, 0.717) is 5.82 Å². The summed E-state index contributed by atoms with van der Waals surface area (Å²) in [7, 11) is 1.65. The average Bonchev–Trinajstić information content (AvgIpc) is 2.39. The number of aromatic nitrogens is 2. The summed E-state index contributed by atoms with van der Waals surface area (Å²) in [4.78, 5) is 8.09. The van der Waals surface area contributed by atoms with Crippen LogP contribution in [0.5, 0.6) is 5.75 Å². The summed E-state index contributed by atoms with van der Waals surface area (Å²) in [5.41, 5.74) is 7.30. The Morgan fingerprint density at radius 1 is 1.06 bits per heavy atom. The zero-order chi connectivity index (χ0) is 12.1. The molecular formula is C13H13N3O. The summed E-state index contributed by atoms with van der Waals surface area (Å²) in [6.45, 7) is 0. The molecule has 0 atom stereocenters. The lowest BCUT2D eigenvalue weighted by Crippen LogP contribution is -1.91. The largest absolute Gasteiger partial charge is 0.497 e. The number of hydrogen-bond donors (Lipinski definition) is 1. The van der Waals surface area contributed by atoms with Crippen molar-refractivity contribution in [3.05, 3.63) is 47.9 Å². The molecule has 0 radical (unpaired) electrons. The maximum absolute atomic E-state index is 5.45. The number of rotatable bonds is 3. The van der Waals surface area contributed by atoms with E-state index in [1.807, 2.05) is 36.4 Å². The fourth-order valence-electron chi connectivity index (χ4n) is 1.33. The third kappa shape index (κ3) is 3.04. The summed E-state index contributed by atoms with van der Waals surface area (Å²) in [6.07, 6.45) is 7.01. The van der Waals surface area contributed by atoms with Crippen LogP contribution >= 0.6 is 0 Å². The third-order valence-electron chi connectivity index (χ3n) is 2.25. The maximum Gasteiger partial charge on any atom is 0.141 e. The molecule has 0 fully saturated rings. The molecule has 0 spiro atoms. The summed E-state index contributed by atoms with van der Waals surface area (Å²) in [5, 5.41) is 0. The molecule has 2 N–H and O–H groups in total. The molecule has 1 heterocycles. The van der Waals surface area contributed by atoms with Crippen LogP contribution in [-0.2, 0) is 0 Å². The Labute approximate surface area is 99.8 Å². The molecule has 0 unspecified atom stereocenters. The number of anilines is 1. The predicted molar refractivity (Wildman–Crippen MR) is 68.4 cm³/mol. The Morgan fingerprint density at radius 3 is 2.41 bits per heavy atom. The molecule has 17 heavy (non-hydrogen) atoms. The van der Waals surface area contributed by atoms with Gasteiger partial charge in [-0.05, 0) is 23.8 Å². The Bertz CT molecular complexity index is 503. The predicted octanol–water partition coefficient (Wildman–Crippen LogP) is 2.24. The molecule has 0 aliphatic heterocycles. The van der Waals surface area contributed by atoms with Gasteiger partial charge in [0.1, 0.15) is 11.6 Å². The zero-order valence-electron chi connectivity index (χ0n) is 9.50. The highest BCUT2D eigenvalue weighted by Crippen LogP contribution is 2.13. The second-order valence-electron chi connectivity index (χ2n) is 3.47. The van der Waals surface area contributed by atoms with E-state index in [9.17, 15) is 0 Å². The smallest absolute Gasteiger partial charge is 0.141 e. The van der Waals surface area contributed by atoms with Crippen molar-refractivity contribution in [3.63, 3.8) is 0 Å². The summed E-state index contributed by atoms with van der Waals surface area (Å²) < 4.78 is 5.08. The number of nitrogens with two attached hydrogens (primary N) is 1. The number of methoxy groups -OCH3 is 1. The van der Waals surface area contributed by atoms with Gasteiger partial charge in [0.2, 0.25) is 0 Å². The molecule has 4 heteroatoms. The minimum atomic E-state index is 0.423. The molecule has 1 aromatic carbocycles. The van der Waals surface area contributed by atoms with Gasteiger partial charge in [-0.25, -0.2) is 4.98 Å². The molecule has 0 saturated carbocycles. The van der Waals surface area contributed by atoms with Crippen molar-refractivity contribution >= 4 is 18.0 Å². The van der Waals surface area contributed by atoms with Crippen molar-refractivity contribution in [2.45, 2.75) is 0 Å². The van der Waals surface area contributed by atoms with Crippen LogP contribution in [0.15, 0.2) is 36.7 Å². The molecule has 0 aliphatic rings. The first-order valence-electron chi connectivity index (χ1n) is 5.17. The highest BCUT2D eigenvalue weighted by molar-refractivity contribution is 5.68. The monoisotopic (exact) mass is 227 g/mol. The maximum atomic E-state index is 5.45. The SMILES string of the molecule is COc1ccc(C=Cc2cnc(N)cn2)cc1. The van der Waals surface area contributed by atoms with E-state index >= 15 is 0 Å². The van der Waals surface area contributed by atoms with Gasteiger partial charge in [0.05, 0.1) is 25.2 Å². The molecule has 86 valence electrons. The van der Waals surface area contributed by atoms with E-state index in [1.54, 1.807) is 13.3 Å². The molecular weight excluding hydrogens is 214 g/mol. The highest BCUT2D eigenvalue weighted by Gasteiger charge is 1.92. The van der Waals surface area contributed by atoms with Crippen LogP contribution in [0.2, 0.25) is 0 Å². The first kappa shape index (κ1) is 11.1. The van der Waals surface area contributed by atoms with Crippen LogP contribution in [0.25, 0.3) is 12.2 Å². The minimum Gasteiger partial charge on any atom is -0.497 e. The average molecular weight is 227 g/mol. The van der Waals surface area contributed by atoms with Crippen molar-refractivity contribution in [1.82, 2.24) is 9.97 Å². The van der Waals surface area contributed by atoms with Crippen LogP contribution in [0.4, 0.5) is 5.82 Å². The molecule has 4 nitrogen and oxygen atoms in total. The van der Waals surface area contributed by atoms with Crippen molar-refractivity contribution in [1.29, 1.82) is 0 Å². The van der Waals surface area contributed by atoms with E-state index < -0.39 is 0 Å². The van der Waals surface area contributed by atoms with Gasteiger partial charge in [-0.3, -0.25) is 4.98 Å². The van der Waals surface area contributed by atoms with Crippen molar-refractivity contribution in [2.75, 3.05) is 12.8 Å². The van der Waals surface area contributed by atoms with E-state index in [-0.39, 0.29) is 0 Å². The van der Waals surface area contributed by atoms with Gasteiger partial charge in [0.25, 0.3) is 0 Å². The van der Waals surface area contributed by atoms with Crippen LogP contribution in [0, 0.1) is 0 Å². The molecule has 2 rings (SSSR count). The van der Waals surface area contributed by atoms with Crippen LogP contribution in [-0.4, -0.2) is 17.1 Å². The lowest BCUT2D eigenvalue weighted by Gasteiger charge is -1.99. The standard InChI is InChI=1S/C13H13N3O/c1-17-12-6-3-10(4-7-12)2-5-11-8-16-13(14)9-15-11/h2-9H,1H3,(H2,14,16). The van der Waals surface area contributed by atoms with Gasteiger partial charge in [0, 0.05) is 0 Å². The van der Waals surface area contributed by atoms with Crippen molar-refractivity contribution < 1.29 is 4.74 Å². The molecule has 1 aromatic heterocycles. The van der Waals surface area contributed by atoms with E-state index in [1.165, 1.54) is 6.20 Å². The Morgan fingerprint density at radius 2 is 1.82 bits per heavy atom. The molecule has 0 amide bonds. The van der Waals surface area contributed by atoms with Crippen LogP contribution in [0.1, 0.15) is 11.3 Å². The number of ether oxygens (including phenoxy) is 1. The zero-order valence-corrected chi connectivity index (χ0v) is 9.50. The van der Waals surface area contributed by atoms with E-state index in [4.69, 9.17) is 10.5 Å². The van der Waals surface area contributed by atoms with Crippen molar-refractivity contribution in [2.24, 2.45) is 0 Å². The van der Waals surface area contributed by atoms with Crippen LogP contribution in [0.3, 0.4) is 0 Å². The second kappa shape index (κ2) is 5.12. The highest BCUT2D eigenvalue weighted by atomic mass is 16.5. The second-order valence-corrected chi connectivity index (χ2v) is 3.47. The minimum absolute atomic E-state index is 0.423. The fraction of sp³-hybridized carbons (Fsp3) is 0.0769. The van der Waals surface area contributed by atoms with Gasteiger partial charge in [0.15, 0.2) is 0 Å². The van der Waals surface area contributed by atoms with Gasteiger partial charge in [-0.2, -0.15) is 0 Å². The Balaban J connectivity index is 2.11. The number of benzene rings is 1. The van der Waals surface area contributed by atoms with Crippen molar-refractivity contribution in [3.8, 4) is 5.75 Å². The lowest BCUT2D eigenvalue weighted by atomic mass is 10.2. The number of hydrogen-bond acceptors (Lipinski definition) is 4. The van der Waals surface area contributed by atoms with Gasteiger partial charge in [-0.15, -0.1) is 0 Å². The number of nitrogen functional groups attached to an aromatic ring is 1. The third-order valence-corrected chi connectivity index (χ3v) is 2.25. The van der Waals surface area contributed by atoms with Gasteiger partial charge < -0.3 is 10.5 Å². The molecule has 2 aromatic rings.